The molecule has 2 N–H and O–H groups in total. The van der Waals surface area contributed by atoms with Crippen LogP contribution in [0.4, 0.5) is 5.13 Å². The molecule has 1 aliphatic heterocycles. The maximum atomic E-state index is 4.76. The van der Waals surface area contributed by atoms with Gasteiger partial charge in [-0.1, -0.05) is 12.1 Å². The van der Waals surface area contributed by atoms with E-state index in [9.17, 15) is 0 Å². The summed E-state index contributed by atoms with van der Waals surface area (Å²) in [6.45, 7) is 5.79. The lowest BCUT2D eigenvalue weighted by molar-refractivity contribution is 0.740. The molecule has 0 unspecified atom stereocenters. The summed E-state index contributed by atoms with van der Waals surface area (Å²) in [5, 5.41) is 9.29. The van der Waals surface area contributed by atoms with Gasteiger partial charge < -0.3 is 10.6 Å². The van der Waals surface area contributed by atoms with E-state index in [4.69, 9.17) is 4.98 Å². The molecule has 2 aromatic rings. The van der Waals surface area contributed by atoms with E-state index in [0.29, 0.717) is 0 Å². The highest BCUT2D eigenvalue weighted by Crippen LogP contribution is 2.25. The fourth-order valence-corrected chi connectivity index (χ4v) is 3.26. The molecule has 2 aromatic heterocycles. The minimum absolute atomic E-state index is 0.792. The number of nitrogens with zero attached hydrogens (tertiary/aromatic N) is 4. The van der Waals surface area contributed by atoms with Gasteiger partial charge in [0.1, 0.15) is 5.69 Å². The summed E-state index contributed by atoms with van der Waals surface area (Å²) in [6, 6.07) is 5.98. The van der Waals surface area contributed by atoms with Crippen molar-refractivity contribution in [2.75, 3.05) is 25.5 Å². The van der Waals surface area contributed by atoms with E-state index >= 15 is 0 Å². The van der Waals surface area contributed by atoms with Crippen LogP contribution in [0.3, 0.4) is 0 Å². The first kappa shape index (κ1) is 17.3. The van der Waals surface area contributed by atoms with Crippen LogP contribution in [0.25, 0.3) is 17.0 Å². The van der Waals surface area contributed by atoms with Crippen molar-refractivity contribution in [1.29, 1.82) is 0 Å². The minimum Gasteiger partial charge on any atom is -0.356 e. The predicted octanol–water partition coefficient (Wildman–Crippen LogP) is 3.46. The zero-order chi connectivity index (χ0) is 17.6. The van der Waals surface area contributed by atoms with Gasteiger partial charge in [0.15, 0.2) is 11.1 Å². The standard InChI is InChI=1S/C18H22N6S/c1-4-13(12(2)19-3)14-7-5-8-15(22-14)16-11-25-18(23-16)24-17-20-9-6-10-21-17/h4-5,7-8,11H,6,9-10H2,1-3H3,(H2,20,21,23,24)/b13-4+,19-12?. The molecule has 0 atom stereocenters. The second-order valence-electron chi connectivity index (χ2n) is 5.59. The molecule has 0 saturated heterocycles. The van der Waals surface area contributed by atoms with Crippen LogP contribution in [0.5, 0.6) is 0 Å². The van der Waals surface area contributed by atoms with E-state index in [-0.39, 0.29) is 0 Å². The van der Waals surface area contributed by atoms with Crippen molar-refractivity contribution < 1.29 is 0 Å². The Kier molecular flexibility index (Phi) is 5.55. The number of nitrogens with one attached hydrogen (secondary N) is 2. The van der Waals surface area contributed by atoms with E-state index in [0.717, 1.165) is 59.0 Å². The number of pyridine rings is 1. The quantitative estimate of drug-likeness (QED) is 0.825. The molecule has 3 heterocycles. The second-order valence-corrected chi connectivity index (χ2v) is 6.45. The molecule has 0 aliphatic carbocycles. The van der Waals surface area contributed by atoms with Gasteiger partial charge in [0.25, 0.3) is 0 Å². The molecule has 0 saturated carbocycles. The highest BCUT2D eigenvalue weighted by atomic mass is 32.1. The third kappa shape index (κ3) is 4.11. The lowest BCUT2D eigenvalue weighted by Crippen LogP contribution is -2.35. The van der Waals surface area contributed by atoms with Crippen LogP contribution in [0.1, 0.15) is 26.0 Å². The molecule has 0 aromatic carbocycles. The Balaban J connectivity index is 1.83. The van der Waals surface area contributed by atoms with Gasteiger partial charge in [0, 0.05) is 36.8 Å². The largest absolute Gasteiger partial charge is 0.356 e. The molecule has 6 nitrogen and oxygen atoms in total. The first-order valence-electron chi connectivity index (χ1n) is 8.30. The first-order chi connectivity index (χ1) is 12.2. The van der Waals surface area contributed by atoms with E-state index in [2.05, 4.69) is 25.6 Å². The molecule has 1 aliphatic rings. The van der Waals surface area contributed by atoms with Crippen LogP contribution in [0, 0.1) is 0 Å². The Hall–Kier alpha value is -2.54. The lowest BCUT2D eigenvalue weighted by atomic mass is 10.1. The molecule has 0 fully saturated rings. The van der Waals surface area contributed by atoms with Gasteiger partial charge in [-0.05, 0) is 32.4 Å². The number of rotatable bonds is 4. The summed E-state index contributed by atoms with van der Waals surface area (Å²) in [7, 11) is 1.79. The Bertz CT molecular complexity index is 834. The molecule has 0 radical (unpaired) electrons. The third-order valence-electron chi connectivity index (χ3n) is 3.93. The lowest BCUT2D eigenvalue weighted by Gasteiger charge is -2.14. The van der Waals surface area contributed by atoms with Gasteiger partial charge in [0.2, 0.25) is 0 Å². The van der Waals surface area contributed by atoms with Crippen molar-refractivity contribution in [3.05, 3.63) is 35.3 Å². The maximum Gasteiger partial charge on any atom is 0.197 e. The van der Waals surface area contributed by atoms with Gasteiger partial charge >= 0.3 is 0 Å². The monoisotopic (exact) mass is 354 g/mol. The molecule has 0 bridgehead atoms. The average Bonchev–Trinajstić information content (AvgIpc) is 3.12. The third-order valence-corrected chi connectivity index (χ3v) is 4.69. The Morgan fingerprint density at radius 2 is 2.20 bits per heavy atom. The van der Waals surface area contributed by atoms with Crippen LogP contribution in [0.15, 0.2) is 39.6 Å². The Morgan fingerprint density at radius 1 is 1.32 bits per heavy atom. The number of hydrogen-bond donors (Lipinski definition) is 2. The zero-order valence-electron chi connectivity index (χ0n) is 14.7. The molecular weight excluding hydrogens is 332 g/mol. The normalized spacial score (nSPS) is 15.6. The summed E-state index contributed by atoms with van der Waals surface area (Å²) in [4.78, 5) is 18.1. The molecule has 7 heteroatoms. The molecule has 25 heavy (non-hydrogen) atoms. The predicted molar refractivity (Wildman–Crippen MR) is 107 cm³/mol. The summed E-state index contributed by atoms with van der Waals surface area (Å²) in [6.07, 6.45) is 3.11. The molecule has 3 rings (SSSR count). The van der Waals surface area contributed by atoms with Crippen molar-refractivity contribution in [3.8, 4) is 11.4 Å². The average molecular weight is 354 g/mol. The Morgan fingerprint density at radius 3 is 2.92 bits per heavy atom. The van der Waals surface area contributed by atoms with Crippen LogP contribution < -0.4 is 10.6 Å². The summed E-state index contributed by atoms with van der Waals surface area (Å²) >= 11 is 1.55. The van der Waals surface area contributed by atoms with Gasteiger partial charge in [-0.15, -0.1) is 11.3 Å². The van der Waals surface area contributed by atoms with Gasteiger partial charge in [-0.2, -0.15) is 0 Å². The highest BCUT2D eigenvalue weighted by molar-refractivity contribution is 7.14. The van der Waals surface area contributed by atoms with Crippen LogP contribution in [0.2, 0.25) is 0 Å². The van der Waals surface area contributed by atoms with E-state index in [1.807, 2.05) is 43.5 Å². The zero-order valence-corrected chi connectivity index (χ0v) is 15.5. The van der Waals surface area contributed by atoms with Gasteiger partial charge in [0.05, 0.1) is 11.4 Å². The summed E-state index contributed by atoms with van der Waals surface area (Å²) < 4.78 is 0. The highest BCUT2D eigenvalue weighted by Gasteiger charge is 2.11. The van der Waals surface area contributed by atoms with Crippen molar-refractivity contribution in [2.24, 2.45) is 9.98 Å². The number of anilines is 1. The number of aromatic nitrogens is 2. The van der Waals surface area contributed by atoms with Crippen molar-refractivity contribution in [3.63, 3.8) is 0 Å². The van der Waals surface area contributed by atoms with Crippen LogP contribution in [-0.2, 0) is 0 Å². The van der Waals surface area contributed by atoms with E-state index in [1.165, 1.54) is 0 Å². The van der Waals surface area contributed by atoms with E-state index in [1.54, 1.807) is 18.4 Å². The van der Waals surface area contributed by atoms with Crippen molar-refractivity contribution in [1.82, 2.24) is 15.3 Å². The van der Waals surface area contributed by atoms with E-state index < -0.39 is 0 Å². The van der Waals surface area contributed by atoms with Crippen molar-refractivity contribution in [2.45, 2.75) is 20.3 Å². The maximum absolute atomic E-state index is 4.76. The number of aliphatic imine (C=N–C) groups is 2. The van der Waals surface area contributed by atoms with Gasteiger partial charge in [-0.25, -0.2) is 9.97 Å². The molecule has 0 spiro atoms. The number of guanidine groups is 1. The minimum atomic E-state index is 0.792. The van der Waals surface area contributed by atoms with Gasteiger partial charge in [-0.3, -0.25) is 9.98 Å². The summed E-state index contributed by atoms with van der Waals surface area (Å²) in [5.74, 6) is 0.792. The summed E-state index contributed by atoms with van der Waals surface area (Å²) in [5.41, 5.74) is 4.62. The molecular formula is C18H22N6S. The number of thiazole rings is 1. The molecule has 130 valence electrons. The second kappa shape index (κ2) is 8.02. The fraction of sp³-hybridized carbons (Fsp3) is 0.333. The smallest absolute Gasteiger partial charge is 0.197 e. The SMILES string of the molecule is C/C=C(\C(C)=NC)c1cccc(-c2csc(NC3=NCCCN3)n2)n1. The topological polar surface area (TPSA) is 74.6 Å². The molecule has 0 amide bonds. The Labute approximate surface area is 151 Å². The fourth-order valence-electron chi connectivity index (χ4n) is 2.56. The first-order valence-corrected chi connectivity index (χ1v) is 9.18. The number of allylic oxidation sites excluding steroid dienone is 2. The van der Waals surface area contributed by atoms with Crippen molar-refractivity contribution >= 4 is 33.7 Å². The van der Waals surface area contributed by atoms with Crippen LogP contribution in [-0.4, -0.2) is 41.8 Å². The number of hydrogen-bond acceptors (Lipinski definition) is 7. The van der Waals surface area contributed by atoms with Crippen LogP contribution >= 0.6 is 11.3 Å².